The van der Waals surface area contributed by atoms with Crippen molar-refractivity contribution in [3.05, 3.63) is 164 Å². The topological polar surface area (TPSA) is 16.4 Å². The zero-order valence-corrected chi connectivity index (χ0v) is 23.9. The first-order valence-electron chi connectivity index (χ1n) is 15.0. The Kier molecular flexibility index (Phi) is 5.54. The third-order valence-corrected chi connectivity index (χ3v) is 8.80. The molecule has 0 radical (unpaired) electrons. The molecule has 0 saturated carbocycles. The van der Waals surface area contributed by atoms with Gasteiger partial charge in [-0.05, 0) is 80.5 Å². The fourth-order valence-corrected chi connectivity index (χ4v) is 6.77. The Morgan fingerprint density at radius 2 is 1.05 bits per heavy atom. The molecule has 0 unspecified atom stereocenters. The first-order valence-corrected chi connectivity index (χ1v) is 15.0. The number of hydrogen-bond donors (Lipinski definition) is 0. The minimum atomic E-state index is 0.907. The molecule has 44 heavy (non-hydrogen) atoms. The third kappa shape index (κ3) is 3.89. The second-order valence-corrected chi connectivity index (χ2v) is 11.4. The van der Waals surface area contributed by atoms with Gasteiger partial charge in [-0.1, -0.05) is 121 Å². The predicted octanol–water partition coefficient (Wildman–Crippen LogP) is 12.2. The molecule has 0 spiro atoms. The summed E-state index contributed by atoms with van der Waals surface area (Å²) in [6, 6.07) is 58.7. The number of para-hydroxylation sites is 1. The standard InChI is InChI=1S/C42H27NO/c1-2-11-28(12-3-1)30-14-10-15-32(25-30)43(39-26-31-13-4-5-16-34(31)35-17-6-7-18-36(35)39)33-23-21-29-22-24-41-42(38(29)27-33)37-19-8-9-20-40(37)44-41/h1-27H. The maximum Gasteiger partial charge on any atom is 0.136 e. The fraction of sp³-hybridized carbons (Fsp3) is 0. The lowest BCUT2D eigenvalue weighted by molar-refractivity contribution is 0.669. The monoisotopic (exact) mass is 561 g/mol. The van der Waals surface area contributed by atoms with Crippen LogP contribution in [0.5, 0.6) is 0 Å². The van der Waals surface area contributed by atoms with Crippen LogP contribution in [0.3, 0.4) is 0 Å². The smallest absolute Gasteiger partial charge is 0.136 e. The minimum absolute atomic E-state index is 0.907. The van der Waals surface area contributed by atoms with E-state index in [0.29, 0.717) is 0 Å². The Hall–Kier alpha value is -5.86. The summed E-state index contributed by atoms with van der Waals surface area (Å²) < 4.78 is 6.29. The van der Waals surface area contributed by atoms with E-state index in [1.807, 2.05) is 12.1 Å². The Morgan fingerprint density at radius 1 is 0.364 bits per heavy atom. The number of rotatable bonds is 4. The average molecular weight is 562 g/mol. The minimum Gasteiger partial charge on any atom is -0.456 e. The summed E-state index contributed by atoms with van der Waals surface area (Å²) in [5, 5.41) is 9.59. The molecule has 9 aromatic rings. The summed E-state index contributed by atoms with van der Waals surface area (Å²) in [7, 11) is 0. The van der Waals surface area contributed by atoms with E-state index in [1.54, 1.807) is 0 Å². The van der Waals surface area contributed by atoms with Crippen molar-refractivity contribution in [1.29, 1.82) is 0 Å². The zero-order chi connectivity index (χ0) is 29.0. The molecule has 0 fully saturated rings. The van der Waals surface area contributed by atoms with Gasteiger partial charge in [0.15, 0.2) is 0 Å². The molecule has 0 bridgehead atoms. The largest absolute Gasteiger partial charge is 0.456 e. The van der Waals surface area contributed by atoms with Gasteiger partial charge in [-0.2, -0.15) is 0 Å². The van der Waals surface area contributed by atoms with Crippen LogP contribution in [-0.4, -0.2) is 0 Å². The molecule has 2 heteroatoms. The van der Waals surface area contributed by atoms with Crippen molar-refractivity contribution in [2.75, 3.05) is 4.90 Å². The van der Waals surface area contributed by atoms with Crippen LogP contribution in [0.15, 0.2) is 168 Å². The van der Waals surface area contributed by atoms with Crippen molar-refractivity contribution < 1.29 is 4.42 Å². The van der Waals surface area contributed by atoms with E-state index in [4.69, 9.17) is 4.42 Å². The Balaban J connectivity index is 1.36. The van der Waals surface area contributed by atoms with Crippen LogP contribution >= 0.6 is 0 Å². The summed E-state index contributed by atoms with van der Waals surface area (Å²) in [6.07, 6.45) is 0. The highest BCUT2D eigenvalue weighted by atomic mass is 16.3. The van der Waals surface area contributed by atoms with Crippen molar-refractivity contribution in [3.63, 3.8) is 0 Å². The molecule has 0 amide bonds. The Bertz CT molecular complexity index is 2510. The van der Waals surface area contributed by atoms with Crippen LogP contribution in [0.2, 0.25) is 0 Å². The summed E-state index contributed by atoms with van der Waals surface area (Å²) >= 11 is 0. The van der Waals surface area contributed by atoms with Crippen LogP contribution in [0, 0.1) is 0 Å². The zero-order valence-electron chi connectivity index (χ0n) is 23.9. The number of anilines is 3. The molecular weight excluding hydrogens is 534 g/mol. The Labute approximate surface area is 255 Å². The molecule has 9 rings (SSSR count). The van der Waals surface area contributed by atoms with Gasteiger partial charge in [0.25, 0.3) is 0 Å². The average Bonchev–Trinajstić information content (AvgIpc) is 3.48. The number of nitrogens with zero attached hydrogens (tertiary/aromatic N) is 1. The summed E-state index contributed by atoms with van der Waals surface area (Å²) in [4.78, 5) is 2.42. The van der Waals surface area contributed by atoms with E-state index in [1.165, 1.54) is 43.4 Å². The normalized spacial score (nSPS) is 11.6. The lowest BCUT2D eigenvalue weighted by atomic mass is 9.98. The maximum atomic E-state index is 6.29. The molecule has 1 aromatic heterocycles. The van der Waals surface area contributed by atoms with Crippen molar-refractivity contribution >= 4 is 71.3 Å². The van der Waals surface area contributed by atoms with E-state index in [9.17, 15) is 0 Å². The molecule has 0 aliphatic carbocycles. The molecule has 8 aromatic carbocycles. The van der Waals surface area contributed by atoms with Crippen LogP contribution in [-0.2, 0) is 0 Å². The maximum absolute atomic E-state index is 6.29. The highest BCUT2D eigenvalue weighted by Crippen LogP contribution is 2.44. The molecular formula is C42H27NO. The van der Waals surface area contributed by atoms with Gasteiger partial charge < -0.3 is 9.32 Å². The predicted molar refractivity (Wildman–Crippen MR) is 186 cm³/mol. The summed E-state index contributed by atoms with van der Waals surface area (Å²) in [6.45, 7) is 0. The van der Waals surface area contributed by atoms with E-state index >= 15 is 0 Å². The van der Waals surface area contributed by atoms with Crippen molar-refractivity contribution in [3.8, 4) is 11.1 Å². The first-order chi connectivity index (χ1) is 21.8. The summed E-state index contributed by atoms with van der Waals surface area (Å²) in [5.74, 6) is 0. The van der Waals surface area contributed by atoms with Crippen LogP contribution in [0.25, 0.3) is 65.4 Å². The van der Waals surface area contributed by atoms with Crippen LogP contribution in [0.4, 0.5) is 17.1 Å². The van der Waals surface area contributed by atoms with Gasteiger partial charge in [-0.3, -0.25) is 0 Å². The van der Waals surface area contributed by atoms with E-state index in [-0.39, 0.29) is 0 Å². The summed E-state index contributed by atoms with van der Waals surface area (Å²) in [5.41, 5.74) is 7.55. The molecule has 0 aliphatic heterocycles. The molecule has 0 N–H and O–H groups in total. The van der Waals surface area contributed by atoms with Crippen LogP contribution in [0.1, 0.15) is 0 Å². The van der Waals surface area contributed by atoms with Crippen molar-refractivity contribution in [1.82, 2.24) is 0 Å². The van der Waals surface area contributed by atoms with Gasteiger partial charge in [0, 0.05) is 27.5 Å². The molecule has 2 nitrogen and oxygen atoms in total. The lowest BCUT2D eigenvalue weighted by Crippen LogP contribution is -2.11. The van der Waals surface area contributed by atoms with Gasteiger partial charge in [0.1, 0.15) is 11.2 Å². The van der Waals surface area contributed by atoms with Crippen molar-refractivity contribution in [2.24, 2.45) is 0 Å². The fourth-order valence-electron chi connectivity index (χ4n) is 6.77. The molecule has 1 heterocycles. The SMILES string of the molecule is c1ccc(-c2cccc(N(c3ccc4ccc5oc6ccccc6c5c4c3)c3cc4ccccc4c4ccccc34)c2)cc1. The number of hydrogen-bond acceptors (Lipinski definition) is 2. The quantitative estimate of drug-likeness (QED) is 0.199. The van der Waals surface area contributed by atoms with Gasteiger partial charge >= 0.3 is 0 Å². The highest BCUT2D eigenvalue weighted by molar-refractivity contribution is 6.20. The Morgan fingerprint density at radius 3 is 1.93 bits per heavy atom. The van der Waals surface area contributed by atoms with Gasteiger partial charge in [-0.25, -0.2) is 0 Å². The van der Waals surface area contributed by atoms with Gasteiger partial charge in [0.2, 0.25) is 0 Å². The van der Waals surface area contributed by atoms with E-state index < -0.39 is 0 Å². The lowest BCUT2D eigenvalue weighted by Gasteiger charge is -2.28. The molecule has 0 atom stereocenters. The number of furan rings is 1. The second kappa shape index (κ2) is 9.86. The number of benzene rings is 8. The highest BCUT2D eigenvalue weighted by Gasteiger charge is 2.19. The molecule has 0 aliphatic rings. The molecule has 0 saturated heterocycles. The van der Waals surface area contributed by atoms with Gasteiger partial charge in [-0.15, -0.1) is 0 Å². The van der Waals surface area contributed by atoms with E-state index in [2.05, 4.69) is 157 Å². The van der Waals surface area contributed by atoms with E-state index in [0.717, 1.165) is 39.0 Å². The van der Waals surface area contributed by atoms with Gasteiger partial charge in [0.05, 0.1) is 5.69 Å². The second-order valence-electron chi connectivity index (χ2n) is 11.4. The molecule has 206 valence electrons. The third-order valence-electron chi connectivity index (χ3n) is 8.80. The number of fused-ring (bicyclic) bond motifs is 8. The van der Waals surface area contributed by atoms with Crippen molar-refractivity contribution in [2.45, 2.75) is 0 Å². The van der Waals surface area contributed by atoms with Crippen LogP contribution < -0.4 is 4.90 Å². The first kappa shape index (κ1) is 24.7.